The van der Waals surface area contributed by atoms with Gasteiger partial charge in [-0.25, -0.2) is 0 Å². The molecule has 3 nitrogen and oxygen atoms in total. The standard InChI is InChI=1S/C12H25NO2/c1-5-6-7-15-12(14)9-13-11(4)8-10(2)3/h10-11,13H,5-9H2,1-4H3. The van der Waals surface area contributed by atoms with Crippen molar-refractivity contribution in [3.63, 3.8) is 0 Å². The Balaban J connectivity index is 3.44. The molecule has 0 rings (SSSR count). The SMILES string of the molecule is CCCCOC(=O)CNC(C)CC(C)C. The number of unbranched alkanes of at least 4 members (excludes halogenated alkanes) is 1. The van der Waals surface area contributed by atoms with Crippen LogP contribution in [0.15, 0.2) is 0 Å². The molecule has 0 aromatic carbocycles. The van der Waals surface area contributed by atoms with Gasteiger partial charge in [-0.3, -0.25) is 4.79 Å². The van der Waals surface area contributed by atoms with Crippen molar-refractivity contribution in [3.05, 3.63) is 0 Å². The van der Waals surface area contributed by atoms with Crippen LogP contribution in [-0.2, 0) is 9.53 Å². The Hall–Kier alpha value is -0.570. The molecule has 0 aliphatic carbocycles. The highest BCUT2D eigenvalue weighted by Crippen LogP contribution is 2.03. The molecule has 0 aromatic heterocycles. The van der Waals surface area contributed by atoms with Gasteiger partial charge in [0.25, 0.3) is 0 Å². The fourth-order valence-corrected chi connectivity index (χ4v) is 1.43. The van der Waals surface area contributed by atoms with E-state index in [1.54, 1.807) is 0 Å². The van der Waals surface area contributed by atoms with E-state index in [0.717, 1.165) is 19.3 Å². The lowest BCUT2D eigenvalue weighted by Gasteiger charge is -2.15. The third kappa shape index (κ3) is 9.73. The zero-order valence-corrected chi connectivity index (χ0v) is 10.5. The summed E-state index contributed by atoms with van der Waals surface area (Å²) >= 11 is 0. The van der Waals surface area contributed by atoms with E-state index in [4.69, 9.17) is 4.74 Å². The first-order valence-corrected chi connectivity index (χ1v) is 5.95. The first-order valence-electron chi connectivity index (χ1n) is 5.95. The van der Waals surface area contributed by atoms with Gasteiger partial charge in [-0.1, -0.05) is 27.2 Å². The number of esters is 1. The second-order valence-electron chi connectivity index (χ2n) is 4.49. The summed E-state index contributed by atoms with van der Waals surface area (Å²) in [6.45, 7) is 9.42. The van der Waals surface area contributed by atoms with E-state index in [1.807, 2.05) is 0 Å². The number of nitrogens with one attached hydrogen (secondary N) is 1. The van der Waals surface area contributed by atoms with Crippen LogP contribution in [0.2, 0.25) is 0 Å². The molecular weight excluding hydrogens is 190 g/mol. The largest absolute Gasteiger partial charge is 0.465 e. The first-order chi connectivity index (χ1) is 7.06. The van der Waals surface area contributed by atoms with Gasteiger partial charge in [-0.2, -0.15) is 0 Å². The highest BCUT2D eigenvalue weighted by Gasteiger charge is 2.07. The fraction of sp³-hybridized carbons (Fsp3) is 0.917. The maximum absolute atomic E-state index is 11.2. The molecule has 3 heteroatoms. The van der Waals surface area contributed by atoms with E-state index in [-0.39, 0.29) is 5.97 Å². The minimum Gasteiger partial charge on any atom is -0.465 e. The van der Waals surface area contributed by atoms with Gasteiger partial charge in [0.05, 0.1) is 13.2 Å². The van der Waals surface area contributed by atoms with Crippen LogP contribution in [0.5, 0.6) is 0 Å². The summed E-state index contributed by atoms with van der Waals surface area (Å²) in [4.78, 5) is 11.2. The number of carbonyl (C=O) groups excluding carboxylic acids is 1. The second kappa shape index (κ2) is 8.72. The maximum Gasteiger partial charge on any atom is 0.319 e. The maximum atomic E-state index is 11.2. The highest BCUT2D eigenvalue weighted by molar-refractivity contribution is 5.71. The van der Waals surface area contributed by atoms with Gasteiger partial charge in [0.2, 0.25) is 0 Å². The van der Waals surface area contributed by atoms with Gasteiger partial charge in [-0.15, -0.1) is 0 Å². The summed E-state index contributed by atoms with van der Waals surface area (Å²) in [5.41, 5.74) is 0. The van der Waals surface area contributed by atoms with E-state index in [0.29, 0.717) is 25.1 Å². The van der Waals surface area contributed by atoms with Crippen LogP contribution in [0, 0.1) is 5.92 Å². The fourth-order valence-electron chi connectivity index (χ4n) is 1.43. The normalized spacial score (nSPS) is 12.9. The predicted octanol–water partition coefficient (Wildman–Crippen LogP) is 2.35. The van der Waals surface area contributed by atoms with Gasteiger partial charge < -0.3 is 10.1 Å². The summed E-state index contributed by atoms with van der Waals surface area (Å²) in [5, 5.41) is 3.17. The highest BCUT2D eigenvalue weighted by atomic mass is 16.5. The van der Waals surface area contributed by atoms with Crippen molar-refractivity contribution in [2.75, 3.05) is 13.2 Å². The number of ether oxygens (including phenoxy) is 1. The van der Waals surface area contributed by atoms with Crippen LogP contribution in [-0.4, -0.2) is 25.2 Å². The van der Waals surface area contributed by atoms with Crippen molar-refractivity contribution >= 4 is 5.97 Å². The Morgan fingerprint density at radius 3 is 2.53 bits per heavy atom. The van der Waals surface area contributed by atoms with Crippen molar-refractivity contribution in [3.8, 4) is 0 Å². The van der Waals surface area contributed by atoms with Crippen LogP contribution in [0.4, 0.5) is 0 Å². The Kier molecular flexibility index (Phi) is 8.38. The second-order valence-corrected chi connectivity index (χ2v) is 4.49. The molecule has 0 aromatic rings. The molecule has 1 N–H and O–H groups in total. The van der Waals surface area contributed by atoms with E-state index >= 15 is 0 Å². The molecule has 90 valence electrons. The van der Waals surface area contributed by atoms with Gasteiger partial charge in [-0.05, 0) is 25.7 Å². The molecule has 1 atom stereocenters. The Morgan fingerprint density at radius 2 is 2.00 bits per heavy atom. The molecule has 0 saturated carbocycles. The first kappa shape index (κ1) is 14.4. The minimum absolute atomic E-state index is 0.140. The topological polar surface area (TPSA) is 38.3 Å². The monoisotopic (exact) mass is 215 g/mol. The van der Waals surface area contributed by atoms with Crippen LogP contribution < -0.4 is 5.32 Å². The number of hydrogen-bond donors (Lipinski definition) is 1. The summed E-state index contributed by atoms with van der Waals surface area (Å²) in [7, 11) is 0. The molecule has 0 heterocycles. The molecular formula is C12H25NO2. The van der Waals surface area contributed by atoms with Crippen LogP contribution in [0.3, 0.4) is 0 Å². The molecule has 0 fully saturated rings. The van der Waals surface area contributed by atoms with E-state index < -0.39 is 0 Å². The quantitative estimate of drug-likeness (QED) is 0.499. The van der Waals surface area contributed by atoms with Gasteiger partial charge >= 0.3 is 5.97 Å². The lowest BCUT2D eigenvalue weighted by Crippen LogP contribution is -2.33. The van der Waals surface area contributed by atoms with Crippen molar-refractivity contribution in [2.45, 2.75) is 53.0 Å². The molecule has 1 unspecified atom stereocenters. The third-order valence-corrected chi connectivity index (χ3v) is 2.18. The molecule has 0 aliphatic rings. The van der Waals surface area contributed by atoms with Crippen molar-refractivity contribution in [2.24, 2.45) is 5.92 Å². The summed E-state index contributed by atoms with van der Waals surface area (Å²) in [6, 6.07) is 0.378. The van der Waals surface area contributed by atoms with Crippen molar-refractivity contribution in [1.29, 1.82) is 0 Å². The Morgan fingerprint density at radius 1 is 1.33 bits per heavy atom. The lowest BCUT2D eigenvalue weighted by molar-refractivity contribution is -0.142. The van der Waals surface area contributed by atoms with Gasteiger partial charge in [0.15, 0.2) is 0 Å². The predicted molar refractivity (Wildman–Crippen MR) is 62.8 cm³/mol. The van der Waals surface area contributed by atoms with Crippen LogP contribution in [0.25, 0.3) is 0 Å². The Bertz CT molecular complexity index is 169. The van der Waals surface area contributed by atoms with Crippen LogP contribution >= 0.6 is 0 Å². The van der Waals surface area contributed by atoms with E-state index in [2.05, 4.69) is 33.0 Å². The van der Waals surface area contributed by atoms with E-state index in [9.17, 15) is 4.79 Å². The lowest BCUT2D eigenvalue weighted by atomic mass is 10.1. The van der Waals surface area contributed by atoms with E-state index in [1.165, 1.54) is 0 Å². The summed E-state index contributed by atoms with van der Waals surface area (Å²) < 4.78 is 5.04. The molecule has 0 radical (unpaired) electrons. The molecule has 0 amide bonds. The van der Waals surface area contributed by atoms with Crippen molar-refractivity contribution < 1.29 is 9.53 Å². The zero-order chi connectivity index (χ0) is 11.7. The molecule has 15 heavy (non-hydrogen) atoms. The number of carbonyl (C=O) groups is 1. The number of rotatable bonds is 8. The summed E-state index contributed by atoms with van der Waals surface area (Å²) in [5.74, 6) is 0.516. The van der Waals surface area contributed by atoms with Gasteiger partial charge in [0.1, 0.15) is 0 Å². The Labute approximate surface area is 93.6 Å². The summed E-state index contributed by atoms with van der Waals surface area (Å²) in [6.07, 6.45) is 3.10. The van der Waals surface area contributed by atoms with Crippen LogP contribution in [0.1, 0.15) is 47.0 Å². The zero-order valence-electron chi connectivity index (χ0n) is 10.5. The average molecular weight is 215 g/mol. The molecule has 0 saturated heterocycles. The average Bonchev–Trinajstić information content (AvgIpc) is 2.14. The molecule has 0 bridgehead atoms. The smallest absolute Gasteiger partial charge is 0.319 e. The third-order valence-electron chi connectivity index (χ3n) is 2.18. The van der Waals surface area contributed by atoms with Crippen molar-refractivity contribution in [1.82, 2.24) is 5.32 Å². The minimum atomic E-state index is -0.140. The van der Waals surface area contributed by atoms with Gasteiger partial charge in [0, 0.05) is 6.04 Å². The number of hydrogen-bond acceptors (Lipinski definition) is 3. The molecule has 0 aliphatic heterocycles. The molecule has 0 spiro atoms.